The largest absolute Gasteiger partial charge is 0.122 e. The molecule has 0 aliphatic heterocycles. The number of hydrogen-bond acceptors (Lipinski definition) is 0. The summed E-state index contributed by atoms with van der Waals surface area (Å²) in [5.41, 5.74) is 1.27. The maximum Gasteiger partial charge on any atom is 0.0408 e. The van der Waals surface area contributed by atoms with Gasteiger partial charge >= 0.3 is 0 Å². The van der Waals surface area contributed by atoms with Crippen LogP contribution in [0.3, 0.4) is 0 Å². The molecule has 1 fully saturated rings. The number of hydrogen-bond donors (Lipinski definition) is 0. The van der Waals surface area contributed by atoms with Crippen LogP contribution in [0.4, 0.5) is 0 Å². The molecule has 0 N–H and O–H groups in total. The van der Waals surface area contributed by atoms with E-state index in [9.17, 15) is 0 Å². The van der Waals surface area contributed by atoms with E-state index in [4.69, 9.17) is 23.2 Å². The third kappa shape index (κ3) is 4.48. The van der Waals surface area contributed by atoms with E-state index in [2.05, 4.69) is 6.07 Å². The first-order valence-electron chi connectivity index (χ1n) is 7.14. The van der Waals surface area contributed by atoms with Gasteiger partial charge in [0.25, 0.3) is 0 Å². The summed E-state index contributed by atoms with van der Waals surface area (Å²) in [6.07, 6.45) is 10.4. The van der Waals surface area contributed by atoms with Crippen LogP contribution in [-0.4, -0.2) is 5.38 Å². The summed E-state index contributed by atoms with van der Waals surface area (Å²) in [6.45, 7) is 0. The Hall–Kier alpha value is -0.200. The van der Waals surface area contributed by atoms with Crippen LogP contribution in [0, 0.1) is 5.92 Å². The lowest BCUT2D eigenvalue weighted by Crippen LogP contribution is -2.18. The molecule has 0 bridgehead atoms. The highest BCUT2D eigenvalue weighted by Crippen LogP contribution is 2.29. The van der Waals surface area contributed by atoms with Gasteiger partial charge in [-0.25, -0.2) is 0 Å². The molecule has 1 unspecified atom stereocenters. The quantitative estimate of drug-likeness (QED) is 0.611. The molecule has 0 nitrogen and oxygen atoms in total. The lowest BCUT2D eigenvalue weighted by Gasteiger charge is -2.24. The smallest absolute Gasteiger partial charge is 0.0408 e. The number of benzene rings is 1. The van der Waals surface area contributed by atoms with Gasteiger partial charge in [0.2, 0.25) is 0 Å². The van der Waals surface area contributed by atoms with Gasteiger partial charge in [-0.1, -0.05) is 55.8 Å². The summed E-state index contributed by atoms with van der Waals surface area (Å²) in [6, 6.07) is 8.10. The molecule has 1 saturated carbocycles. The molecule has 100 valence electrons. The van der Waals surface area contributed by atoms with Crippen LogP contribution in [0.15, 0.2) is 24.3 Å². The van der Waals surface area contributed by atoms with Crippen LogP contribution in [0.2, 0.25) is 5.02 Å². The molecule has 1 aliphatic rings. The van der Waals surface area contributed by atoms with Crippen LogP contribution in [0.25, 0.3) is 0 Å². The van der Waals surface area contributed by atoms with Gasteiger partial charge in [-0.15, -0.1) is 11.6 Å². The van der Waals surface area contributed by atoms with Crippen molar-refractivity contribution < 1.29 is 0 Å². The average Bonchev–Trinajstić information content (AvgIpc) is 2.28. The van der Waals surface area contributed by atoms with Crippen molar-refractivity contribution in [1.82, 2.24) is 0 Å². The zero-order chi connectivity index (χ0) is 12.8. The van der Waals surface area contributed by atoms with Crippen LogP contribution < -0.4 is 0 Å². The molecule has 0 heterocycles. The van der Waals surface area contributed by atoms with Crippen molar-refractivity contribution in [3.63, 3.8) is 0 Å². The van der Waals surface area contributed by atoms with E-state index in [1.807, 2.05) is 18.2 Å². The summed E-state index contributed by atoms with van der Waals surface area (Å²) < 4.78 is 0. The van der Waals surface area contributed by atoms with Gasteiger partial charge in [-0.2, -0.15) is 0 Å². The van der Waals surface area contributed by atoms with Gasteiger partial charge in [0.05, 0.1) is 0 Å². The molecular weight excluding hydrogens is 263 g/mol. The highest BCUT2D eigenvalue weighted by atomic mass is 35.5. The minimum absolute atomic E-state index is 0.265. The molecule has 0 amide bonds. The minimum Gasteiger partial charge on any atom is -0.122 e. The third-order valence-electron chi connectivity index (χ3n) is 3.98. The molecule has 0 spiro atoms. The van der Waals surface area contributed by atoms with Gasteiger partial charge in [0.1, 0.15) is 0 Å². The Kier molecular flexibility index (Phi) is 5.85. The topological polar surface area (TPSA) is 0 Å². The van der Waals surface area contributed by atoms with Gasteiger partial charge in [-0.3, -0.25) is 0 Å². The lowest BCUT2D eigenvalue weighted by molar-refractivity contribution is 0.364. The summed E-state index contributed by atoms with van der Waals surface area (Å²) in [7, 11) is 0. The molecule has 1 aromatic rings. The normalized spacial score (nSPS) is 20.1. The molecule has 1 atom stereocenters. The van der Waals surface area contributed by atoms with E-state index < -0.39 is 0 Å². The van der Waals surface area contributed by atoms with E-state index in [1.54, 1.807) is 0 Å². The Bertz CT molecular complexity index is 354. The van der Waals surface area contributed by atoms with Gasteiger partial charge < -0.3 is 0 Å². The van der Waals surface area contributed by atoms with Gasteiger partial charge in [-0.05, 0) is 42.9 Å². The van der Waals surface area contributed by atoms with Crippen LogP contribution in [0.1, 0.15) is 50.5 Å². The second kappa shape index (κ2) is 7.40. The van der Waals surface area contributed by atoms with E-state index in [1.165, 1.54) is 50.5 Å². The Balaban J connectivity index is 1.91. The van der Waals surface area contributed by atoms with Crippen molar-refractivity contribution in [1.29, 1.82) is 0 Å². The van der Waals surface area contributed by atoms with Crippen molar-refractivity contribution in [2.45, 2.75) is 56.7 Å². The van der Waals surface area contributed by atoms with Crippen LogP contribution in [-0.2, 0) is 6.42 Å². The Labute approximate surface area is 121 Å². The number of halogens is 2. The average molecular weight is 285 g/mol. The van der Waals surface area contributed by atoms with E-state index in [-0.39, 0.29) is 5.38 Å². The zero-order valence-corrected chi connectivity index (χ0v) is 12.4. The highest BCUT2D eigenvalue weighted by Gasteiger charge is 2.20. The molecule has 18 heavy (non-hydrogen) atoms. The maximum atomic E-state index is 6.63. The van der Waals surface area contributed by atoms with Crippen molar-refractivity contribution in [3.05, 3.63) is 34.9 Å². The van der Waals surface area contributed by atoms with E-state index in [0.717, 1.165) is 11.4 Å². The first-order valence-corrected chi connectivity index (χ1v) is 7.95. The molecule has 1 aliphatic carbocycles. The van der Waals surface area contributed by atoms with Crippen molar-refractivity contribution in [3.8, 4) is 0 Å². The van der Waals surface area contributed by atoms with Crippen LogP contribution >= 0.6 is 23.2 Å². The second-order valence-electron chi connectivity index (χ2n) is 5.46. The van der Waals surface area contributed by atoms with Crippen molar-refractivity contribution in [2.75, 3.05) is 0 Å². The summed E-state index contributed by atoms with van der Waals surface area (Å²) >= 11 is 12.6. The molecule has 0 saturated heterocycles. The fourth-order valence-corrected chi connectivity index (χ4v) is 3.55. The maximum absolute atomic E-state index is 6.63. The van der Waals surface area contributed by atoms with Crippen LogP contribution in [0.5, 0.6) is 0 Å². The van der Waals surface area contributed by atoms with Crippen molar-refractivity contribution >= 4 is 23.2 Å². The van der Waals surface area contributed by atoms with Gasteiger partial charge in [0, 0.05) is 10.4 Å². The SMILES string of the molecule is Clc1cccc(CC(Cl)C2CCCCCCC2)c1. The summed E-state index contributed by atoms with van der Waals surface area (Å²) in [5, 5.41) is 1.08. The molecule has 2 heteroatoms. The first kappa shape index (κ1) is 14.2. The first-order chi connectivity index (χ1) is 8.75. The minimum atomic E-state index is 0.265. The van der Waals surface area contributed by atoms with E-state index >= 15 is 0 Å². The molecule has 0 aromatic heterocycles. The lowest BCUT2D eigenvalue weighted by atomic mass is 9.86. The molecular formula is C16H22Cl2. The molecule has 0 radical (unpaired) electrons. The Morgan fingerprint density at radius 2 is 1.72 bits per heavy atom. The third-order valence-corrected chi connectivity index (χ3v) is 4.73. The standard InChI is InChI=1S/C16H22Cl2/c17-15-10-6-7-13(11-15)12-16(18)14-8-4-2-1-3-5-9-14/h6-7,10-11,14,16H,1-5,8-9,12H2. The predicted octanol–water partition coefficient (Wildman–Crippen LogP) is 5.85. The molecule has 1 aromatic carbocycles. The highest BCUT2D eigenvalue weighted by molar-refractivity contribution is 6.30. The second-order valence-corrected chi connectivity index (χ2v) is 6.45. The van der Waals surface area contributed by atoms with Gasteiger partial charge in [0.15, 0.2) is 0 Å². The fraction of sp³-hybridized carbons (Fsp3) is 0.625. The predicted molar refractivity (Wildman–Crippen MR) is 80.6 cm³/mol. The monoisotopic (exact) mass is 284 g/mol. The summed E-state index contributed by atoms with van der Waals surface area (Å²) in [5.74, 6) is 0.686. The Morgan fingerprint density at radius 3 is 2.39 bits per heavy atom. The molecule has 2 rings (SSSR count). The zero-order valence-electron chi connectivity index (χ0n) is 10.9. The fourth-order valence-electron chi connectivity index (χ4n) is 2.91. The number of alkyl halides is 1. The van der Waals surface area contributed by atoms with Crippen molar-refractivity contribution in [2.24, 2.45) is 5.92 Å². The number of rotatable bonds is 3. The van der Waals surface area contributed by atoms with E-state index in [0.29, 0.717) is 5.92 Å². The Morgan fingerprint density at radius 1 is 1.06 bits per heavy atom. The summed E-state index contributed by atoms with van der Waals surface area (Å²) in [4.78, 5) is 0.